The molecule has 0 spiro atoms. The molecular formula is C13H8Cl2N4O. The van der Waals surface area contributed by atoms with Crippen molar-refractivity contribution in [2.24, 2.45) is 4.99 Å². The molecule has 2 heterocycles. The SMILES string of the molecule is Clc1ccc(Cl)c(-c2ccc(/C=N/c3ncn[nH]3)o2)c1. The van der Waals surface area contributed by atoms with Crippen molar-refractivity contribution >= 4 is 35.4 Å². The second-order valence-corrected chi connectivity index (χ2v) is 4.74. The zero-order chi connectivity index (χ0) is 13.9. The van der Waals surface area contributed by atoms with E-state index in [-0.39, 0.29) is 0 Å². The molecular weight excluding hydrogens is 299 g/mol. The number of hydrogen-bond donors (Lipinski definition) is 1. The lowest BCUT2D eigenvalue weighted by Gasteiger charge is -2.00. The van der Waals surface area contributed by atoms with Crippen molar-refractivity contribution in [3.8, 4) is 11.3 Å². The number of furan rings is 1. The second-order valence-electron chi connectivity index (χ2n) is 3.89. The molecule has 1 N–H and O–H groups in total. The average molecular weight is 307 g/mol. The molecule has 20 heavy (non-hydrogen) atoms. The highest BCUT2D eigenvalue weighted by Crippen LogP contribution is 2.31. The molecule has 7 heteroatoms. The van der Waals surface area contributed by atoms with E-state index in [0.717, 1.165) is 5.56 Å². The van der Waals surface area contributed by atoms with Gasteiger partial charge in [0.15, 0.2) is 0 Å². The third-order valence-electron chi connectivity index (χ3n) is 2.54. The number of benzene rings is 1. The molecule has 0 saturated heterocycles. The number of aliphatic imine (C=N–C) groups is 1. The molecule has 0 aliphatic carbocycles. The minimum Gasteiger partial charge on any atom is -0.455 e. The fraction of sp³-hybridized carbons (Fsp3) is 0. The number of nitrogens with zero attached hydrogens (tertiary/aromatic N) is 3. The van der Waals surface area contributed by atoms with Crippen LogP contribution >= 0.6 is 23.2 Å². The molecule has 100 valence electrons. The Bertz CT molecular complexity index is 750. The average Bonchev–Trinajstić information content (AvgIpc) is 3.10. The van der Waals surface area contributed by atoms with E-state index in [4.69, 9.17) is 27.6 Å². The molecule has 0 unspecified atom stereocenters. The minimum atomic E-state index is 0.406. The number of nitrogens with one attached hydrogen (secondary N) is 1. The van der Waals surface area contributed by atoms with Gasteiger partial charge in [-0.15, -0.1) is 0 Å². The van der Waals surface area contributed by atoms with Gasteiger partial charge >= 0.3 is 0 Å². The molecule has 0 aliphatic rings. The summed E-state index contributed by atoms with van der Waals surface area (Å²) in [6.45, 7) is 0. The van der Waals surface area contributed by atoms with E-state index in [0.29, 0.717) is 27.5 Å². The van der Waals surface area contributed by atoms with E-state index < -0.39 is 0 Å². The van der Waals surface area contributed by atoms with Crippen LogP contribution in [-0.2, 0) is 0 Å². The monoisotopic (exact) mass is 306 g/mol. The van der Waals surface area contributed by atoms with Crippen molar-refractivity contribution in [1.82, 2.24) is 15.2 Å². The van der Waals surface area contributed by atoms with Gasteiger partial charge in [-0.1, -0.05) is 23.2 Å². The van der Waals surface area contributed by atoms with Crippen LogP contribution in [-0.4, -0.2) is 21.4 Å². The molecule has 0 saturated carbocycles. The van der Waals surface area contributed by atoms with Crippen LogP contribution in [0.1, 0.15) is 5.76 Å². The van der Waals surface area contributed by atoms with Crippen LogP contribution in [0, 0.1) is 0 Å². The Morgan fingerprint density at radius 2 is 2.10 bits per heavy atom. The standard InChI is InChI=1S/C13H8Cl2N4O/c14-8-1-3-11(15)10(5-8)12-4-2-9(20-12)6-16-13-17-7-18-19-13/h1-7H,(H,17,18,19)/b16-6+. The number of aromatic nitrogens is 3. The first-order valence-corrected chi connectivity index (χ1v) is 6.42. The molecule has 0 atom stereocenters. The van der Waals surface area contributed by atoms with Gasteiger partial charge in [0.25, 0.3) is 0 Å². The molecule has 3 rings (SSSR count). The van der Waals surface area contributed by atoms with Crippen molar-refractivity contribution < 1.29 is 4.42 Å². The van der Waals surface area contributed by atoms with Gasteiger partial charge < -0.3 is 4.42 Å². The summed E-state index contributed by atoms with van der Waals surface area (Å²) < 4.78 is 5.65. The van der Waals surface area contributed by atoms with Gasteiger partial charge in [-0.2, -0.15) is 10.1 Å². The third kappa shape index (κ3) is 2.74. The van der Waals surface area contributed by atoms with E-state index in [1.165, 1.54) is 6.33 Å². The van der Waals surface area contributed by atoms with E-state index in [2.05, 4.69) is 20.2 Å². The van der Waals surface area contributed by atoms with Crippen molar-refractivity contribution in [1.29, 1.82) is 0 Å². The number of H-pyrrole nitrogens is 1. The Morgan fingerprint density at radius 3 is 2.90 bits per heavy atom. The second kappa shape index (κ2) is 5.48. The predicted molar refractivity (Wildman–Crippen MR) is 77.8 cm³/mol. The summed E-state index contributed by atoms with van der Waals surface area (Å²) in [7, 11) is 0. The highest BCUT2D eigenvalue weighted by molar-refractivity contribution is 6.35. The smallest absolute Gasteiger partial charge is 0.245 e. The van der Waals surface area contributed by atoms with Crippen molar-refractivity contribution in [2.75, 3.05) is 0 Å². The lowest BCUT2D eigenvalue weighted by Crippen LogP contribution is -1.78. The van der Waals surface area contributed by atoms with Gasteiger partial charge in [0, 0.05) is 10.6 Å². The lowest BCUT2D eigenvalue weighted by atomic mass is 10.2. The third-order valence-corrected chi connectivity index (χ3v) is 3.10. The quantitative estimate of drug-likeness (QED) is 0.740. The topological polar surface area (TPSA) is 67.1 Å². The maximum Gasteiger partial charge on any atom is 0.245 e. The van der Waals surface area contributed by atoms with Crippen LogP contribution in [0.5, 0.6) is 0 Å². The first kappa shape index (κ1) is 12.9. The summed E-state index contributed by atoms with van der Waals surface area (Å²) >= 11 is 12.1. The molecule has 0 radical (unpaired) electrons. The molecule has 0 amide bonds. The maximum atomic E-state index is 6.12. The van der Waals surface area contributed by atoms with Gasteiger partial charge in [0.2, 0.25) is 5.95 Å². The highest BCUT2D eigenvalue weighted by atomic mass is 35.5. The zero-order valence-corrected chi connectivity index (χ0v) is 11.6. The van der Waals surface area contributed by atoms with Crippen molar-refractivity contribution in [3.05, 3.63) is 52.5 Å². The van der Waals surface area contributed by atoms with Gasteiger partial charge in [-0.3, -0.25) is 0 Å². The van der Waals surface area contributed by atoms with Gasteiger partial charge in [-0.05, 0) is 30.3 Å². The zero-order valence-electron chi connectivity index (χ0n) is 10.0. The van der Waals surface area contributed by atoms with Gasteiger partial charge in [0.05, 0.1) is 11.2 Å². The maximum absolute atomic E-state index is 6.12. The Morgan fingerprint density at radius 1 is 1.20 bits per heavy atom. The first-order valence-electron chi connectivity index (χ1n) is 5.67. The first-order chi connectivity index (χ1) is 9.72. The Balaban J connectivity index is 1.88. The van der Waals surface area contributed by atoms with E-state index in [1.807, 2.05) is 0 Å². The Labute approximate surface area is 124 Å². The number of hydrogen-bond acceptors (Lipinski definition) is 4. The minimum absolute atomic E-state index is 0.406. The molecule has 5 nitrogen and oxygen atoms in total. The van der Waals surface area contributed by atoms with Crippen molar-refractivity contribution in [3.63, 3.8) is 0 Å². The Hall–Kier alpha value is -2.11. The van der Waals surface area contributed by atoms with Crippen molar-refractivity contribution in [2.45, 2.75) is 0 Å². The fourth-order valence-electron chi connectivity index (χ4n) is 1.64. The summed E-state index contributed by atoms with van der Waals surface area (Å²) in [5.41, 5.74) is 0.735. The van der Waals surface area contributed by atoms with Gasteiger partial charge in [0.1, 0.15) is 17.8 Å². The van der Waals surface area contributed by atoms with E-state index in [1.54, 1.807) is 36.5 Å². The van der Waals surface area contributed by atoms with Crippen LogP contribution in [0.3, 0.4) is 0 Å². The highest BCUT2D eigenvalue weighted by Gasteiger charge is 2.08. The number of aromatic amines is 1. The van der Waals surface area contributed by atoms with Crippen LogP contribution in [0.25, 0.3) is 11.3 Å². The van der Waals surface area contributed by atoms with E-state index >= 15 is 0 Å². The van der Waals surface area contributed by atoms with Crippen LogP contribution < -0.4 is 0 Å². The van der Waals surface area contributed by atoms with Crippen LogP contribution in [0.15, 0.2) is 46.1 Å². The molecule has 0 fully saturated rings. The fourth-order valence-corrected chi connectivity index (χ4v) is 2.02. The predicted octanol–water partition coefficient (Wildman–Crippen LogP) is 4.12. The van der Waals surface area contributed by atoms with Gasteiger partial charge in [-0.25, -0.2) is 10.1 Å². The molecule has 2 aromatic heterocycles. The Kier molecular flexibility index (Phi) is 3.54. The molecule has 0 aliphatic heterocycles. The summed E-state index contributed by atoms with van der Waals surface area (Å²) in [6.07, 6.45) is 2.93. The molecule has 3 aromatic rings. The summed E-state index contributed by atoms with van der Waals surface area (Å²) in [6, 6.07) is 8.79. The summed E-state index contributed by atoms with van der Waals surface area (Å²) in [5.74, 6) is 1.60. The van der Waals surface area contributed by atoms with Crippen LogP contribution in [0.4, 0.5) is 5.95 Å². The summed E-state index contributed by atoms with van der Waals surface area (Å²) in [5, 5.41) is 7.49. The lowest BCUT2D eigenvalue weighted by molar-refractivity contribution is 0.575. The van der Waals surface area contributed by atoms with E-state index in [9.17, 15) is 0 Å². The molecule has 1 aromatic carbocycles. The number of halogens is 2. The van der Waals surface area contributed by atoms with Crippen LogP contribution in [0.2, 0.25) is 10.0 Å². The molecule has 0 bridgehead atoms. The largest absolute Gasteiger partial charge is 0.455 e. The number of rotatable bonds is 3. The summed E-state index contributed by atoms with van der Waals surface area (Å²) in [4.78, 5) is 7.95. The normalized spacial score (nSPS) is 11.3.